The minimum absolute atomic E-state index is 0. The number of benzene rings is 4. The van der Waals surface area contributed by atoms with Crippen molar-refractivity contribution in [2.24, 2.45) is 0 Å². The van der Waals surface area contributed by atoms with Crippen LogP contribution >= 0.6 is 19.0 Å². The van der Waals surface area contributed by atoms with Crippen LogP contribution in [0.1, 0.15) is 16.7 Å². The van der Waals surface area contributed by atoms with Crippen LogP contribution in [-0.4, -0.2) is 13.0 Å². The van der Waals surface area contributed by atoms with Gasteiger partial charge in [-0.05, 0) is 0 Å². The Hall–Kier alpha value is -2.81. The van der Waals surface area contributed by atoms with Crippen molar-refractivity contribution in [1.29, 1.82) is 0 Å². The molecule has 4 aromatic carbocycles. The molecule has 4 aromatic rings. The number of hydrogen-bond donors (Lipinski definition) is 0. The molecule has 35 heavy (non-hydrogen) atoms. The number of ether oxygens (including phenoxy) is 1. The summed E-state index contributed by atoms with van der Waals surface area (Å²) in [6.07, 6.45) is -4.75. The van der Waals surface area contributed by atoms with Crippen molar-refractivity contribution in [3.63, 3.8) is 0 Å². The normalized spacial score (nSPS) is 12.8. The zero-order valence-electron chi connectivity index (χ0n) is 20.1. The maximum absolute atomic E-state index is 13.2. The molecule has 0 atom stereocenters. The summed E-state index contributed by atoms with van der Waals surface area (Å²) in [6.45, 7) is 4.46. The Morgan fingerprint density at radius 2 is 1.00 bits per heavy atom. The van der Waals surface area contributed by atoms with Gasteiger partial charge in [0.15, 0.2) is 0 Å². The van der Waals surface area contributed by atoms with Gasteiger partial charge in [0, 0.05) is 0 Å². The smallest absolute Gasteiger partial charge is 0.147 e. The molecule has 0 amide bonds. The maximum atomic E-state index is 13.2. The largest absolute Gasteiger partial charge is 0.147 e. The summed E-state index contributed by atoms with van der Waals surface area (Å²) in [6, 6.07) is 32.6. The summed E-state index contributed by atoms with van der Waals surface area (Å²) in [7, 11) is 0. The molecule has 184 valence electrons. The first-order valence-corrected chi connectivity index (χ1v) is 13.8. The van der Waals surface area contributed by atoms with Crippen LogP contribution in [0.2, 0.25) is 0 Å². The third-order valence-electron chi connectivity index (χ3n) is 7.00. The van der Waals surface area contributed by atoms with Crippen molar-refractivity contribution in [3.8, 4) is 5.75 Å². The summed E-state index contributed by atoms with van der Waals surface area (Å²) in [5, 5.41) is 4.53. The molecule has 6 heteroatoms. The fourth-order valence-corrected chi connectivity index (χ4v) is 11.7. The molecule has 0 bridgehead atoms. The Morgan fingerprint density at radius 3 is 1.34 bits per heavy atom. The van der Waals surface area contributed by atoms with Gasteiger partial charge in [-0.1, -0.05) is 0 Å². The summed E-state index contributed by atoms with van der Waals surface area (Å²) in [5.74, 6) is -0.148. The fourth-order valence-electron chi connectivity index (χ4n) is 5.36. The van der Waals surface area contributed by atoms with E-state index < -0.39 is 13.0 Å². The Morgan fingerprint density at radius 1 is 0.629 bits per heavy atom. The number of halogens is 4. The minimum Gasteiger partial charge on any atom is -0.147 e. The van der Waals surface area contributed by atoms with Crippen LogP contribution in [0.3, 0.4) is 0 Å². The van der Waals surface area contributed by atoms with Crippen molar-refractivity contribution in [2.75, 3.05) is 6.66 Å². The topological polar surface area (TPSA) is 9.23 Å². The van der Waals surface area contributed by atoms with Crippen LogP contribution in [0.15, 0.2) is 97.1 Å². The van der Waals surface area contributed by atoms with Gasteiger partial charge in [-0.15, -0.1) is 12.4 Å². The quantitative estimate of drug-likeness (QED) is 0.268. The zero-order valence-corrected chi connectivity index (χ0v) is 21.8. The predicted molar refractivity (Wildman–Crippen MR) is 145 cm³/mol. The molecule has 0 radical (unpaired) electrons. The van der Waals surface area contributed by atoms with Crippen LogP contribution in [0.4, 0.5) is 13.2 Å². The van der Waals surface area contributed by atoms with Crippen LogP contribution in [0.5, 0.6) is 5.75 Å². The number of hydrogen-bond acceptors (Lipinski definition) is 1. The Labute approximate surface area is 211 Å². The second-order valence-corrected chi connectivity index (χ2v) is 14.0. The van der Waals surface area contributed by atoms with Gasteiger partial charge in [0.2, 0.25) is 0 Å². The van der Waals surface area contributed by atoms with Gasteiger partial charge >= 0.3 is 199 Å². The Balaban J connectivity index is 0.00000342. The van der Waals surface area contributed by atoms with E-state index in [4.69, 9.17) is 0 Å². The van der Waals surface area contributed by atoms with Gasteiger partial charge in [0.05, 0.1) is 0 Å². The maximum Gasteiger partial charge on any atom is -0.147 e. The second kappa shape index (κ2) is 9.68. The molecule has 0 spiro atoms. The Bertz CT molecular complexity index is 1210. The summed E-state index contributed by atoms with van der Waals surface area (Å²) in [5.41, 5.74) is 2.09. The molecule has 0 aliphatic rings. The van der Waals surface area contributed by atoms with E-state index in [0.29, 0.717) is 5.56 Å². The molecule has 0 unspecified atom stereocenters. The van der Waals surface area contributed by atoms with Gasteiger partial charge < -0.3 is 0 Å². The molecule has 0 aliphatic carbocycles. The molecule has 1 nitrogen and oxygen atoms in total. The number of alkyl halides is 3. The summed E-state index contributed by atoms with van der Waals surface area (Å²) in [4.78, 5) is 0. The molecule has 0 aromatic heterocycles. The summed E-state index contributed by atoms with van der Waals surface area (Å²) < 4.78 is 44.0. The number of aryl methyl sites for hydroxylation is 1. The SMILES string of the molecule is Cc1cc(OC(F)(F)F)c(C)c(C)c1P(C)(c1ccccc1)(c1ccccc1)c1ccccc1.Cl. The average molecular weight is 517 g/mol. The molecular formula is C29H29ClF3OP. The van der Waals surface area contributed by atoms with E-state index in [1.807, 2.05) is 68.4 Å². The third-order valence-corrected chi connectivity index (χ3v) is 13.6. The van der Waals surface area contributed by atoms with Crippen LogP contribution < -0.4 is 26.0 Å². The van der Waals surface area contributed by atoms with Crippen LogP contribution in [0, 0.1) is 20.8 Å². The molecule has 0 aliphatic heterocycles. The molecule has 4 rings (SSSR count). The van der Waals surface area contributed by atoms with Crippen molar-refractivity contribution in [2.45, 2.75) is 27.1 Å². The first-order chi connectivity index (χ1) is 16.1. The molecule has 0 saturated heterocycles. The second-order valence-electron chi connectivity index (χ2n) is 8.91. The van der Waals surface area contributed by atoms with Crippen molar-refractivity contribution < 1.29 is 17.9 Å². The van der Waals surface area contributed by atoms with Gasteiger partial charge in [-0.25, -0.2) is 0 Å². The van der Waals surface area contributed by atoms with Crippen LogP contribution in [-0.2, 0) is 0 Å². The average Bonchev–Trinajstić information content (AvgIpc) is 2.83. The molecule has 0 heterocycles. The zero-order chi connectivity index (χ0) is 24.6. The van der Waals surface area contributed by atoms with E-state index in [1.54, 1.807) is 13.0 Å². The first-order valence-electron chi connectivity index (χ1n) is 11.1. The van der Waals surface area contributed by atoms with Gasteiger partial charge in [-0.2, -0.15) is 0 Å². The van der Waals surface area contributed by atoms with Gasteiger partial charge in [-0.3, -0.25) is 0 Å². The molecule has 0 N–H and O–H groups in total. The summed E-state index contributed by atoms with van der Waals surface area (Å²) >= 11 is 0. The fraction of sp³-hybridized carbons (Fsp3) is 0.172. The molecule has 0 saturated carbocycles. The van der Waals surface area contributed by atoms with Gasteiger partial charge in [0.1, 0.15) is 0 Å². The predicted octanol–water partition coefficient (Wildman–Crippen LogP) is 6.72. The van der Waals surface area contributed by atoms with Crippen molar-refractivity contribution in [1.82, 2.24) is 0 Å². The number of rotatable bonds is 5. The molecule has 0 fully saturated rings. The van der Waals surface area contributed by atoms with Crippen molar-refractivity contribution in [3.05, 3.63) is 114 Å². The van der Waals surface area contributed by atoms with E-state index in [1.165, 1.54) is 0 Å². The standard InChI is InChI=1S/C29H28F3OP.ClH/c1-21-20-27(33-29(30,31)32)22(2)23(3)28(21)34(4,24-14-8-5-9-15-24,25-16-10-6-11-17-25)26-18-12-7-13-19-26;/h5-20H,1-4H3;1H. The van der Waals surface area contributed by atoms with E-state index in [0.717, 1.165) is 32.3 Å². The van der Waals surface area contributed by atoms with E-state index in [2.05, 4.69) is 47.8 Å². The van der Waals surface area contributed by atoms with E-state index in [-0.39, 0.29) is 18.2 Å². The first kappa shape index (κ1) is 26.8. The monoisotopic (exact) mass is 516 g/mol. The van der Waals surface area contributed by atoms with Gasteiger partial charge in [0.25, 0.3) is 0 Å². The van der Waals surface area contributed by atoms with Crippen molar-refractivity contribution >= 4 is 40.2 Å². The molecular weight excluding hydrogens is 488 g/mol. The third kappa shape index (κ3) is 4.35. The van der Waals surface area contributed by atoms with Crippen LogP contribution in [0.25, 0.3) is 0 Å². The van der Waals surface area contributed by atoms with E-state index in [9.17, 15) is 13.2 Å². The Kier molecular flexibility index (Phi) is 7.41. The van der Waals surface area contributed by atoms with E-state index >= 15 is 0 Å². The minimum atomic E-state index is -4.75.